The molecule has 2 aromatic rings. The van der Waals surface area contributed by atoms with Gasteiger partial charge in [0.15, 0.2) is 0 Å². The van der Waals surface area contributed by atoms with Crippen molar-refractivity contribution in [2.75, 3.05) is 0 Å². The van der Waals surface area contributed by atoms with Crippen molar-refractivity contribution in [1.82, 2.24) is 0 Å². The number of benzene rings is 2. The van der Waals surface area contributed by atoms with Crippen LogP contribution in [-0.4, -0.2) is 0 Å². The zero-order valence-corrected chi connectivity index (χ0v) is 10.1. The molecule has 0 heterocycles. The summed E-state index contributed by atoms with van der Waals surface area (Å²) in [7, 11) is 0. The van der Waals surface area contributed by atoms with Crippen LogP contribution < -0.4 is 0 Å². The van der Waals surface area contributed by atoms with Gasteiger partial charge < -0.3 is 0 Å². The molecule has 0 atom stereocenters. The van der Waals surface area contributed by atoms with E-state index in [1.165, 1.54) is 6.07 Å². The van der Waals surface area contributed by atoms with Crippen molar-refractivity contribution in [3.05, 3.63) is 58.6 Å². The summed E-state index contributed by atoms with van der Waals surface area (Å²) in [6, 6.07) is 13.3. The van der Waals surface area contributed by atoms with Gasteiger partial charge in [-0.1, -0.05) is 46.3 Å². The van der Waals surface area contributed by atoms with Gasteiger partial charge in [-0.15, -0.1) is 0 Å². The van der Waals surface area contributed by atoms with Crippen LogP contribution in [0.3, 0.4) is 0 Å². The number of rotatable bonds is 1. The molecule has 0 saturated heterocycles. The van der Waals surface area contributed by atoms with E-state index >= 15 is 0 Å². The van der Waals surface area contributed by atoms with E-state index in [0.29, 0.717) is 5.56 Å². The van der Waals surface area contributed by atoms with Crippen molar-refractivity contribution in [1.29, 1.82) is 0 Å². The molecule has 0 spiro atoms. The van der Waals surface area contributed by atoms with Crippen LogP contribution >= 0.6 is 15.9 Å². The molecular formula is C13H7BrF3. The molecule has 0 aliphatic rings. The van der Waals surface area contributed by atoms with Crippen molar-refractivity contribution < 1.29 is 13.2 Å². The smallest absolute Gasteiger partial charge is 0.166 e. The van der Waals surface area contributed by atoms with Crippen LogP contribution in [0, 0.1) is 6.07 Å². The molecule has 0 aliphatic carbocycles. The van der Waals surface area contributed by atoms with Crippen LogP contribution in [0.4, 0.5) is 13.2 Å². The first-order valence-corrected chi connectivity index (χ1v) is 5.61. The molecule has 0 fully saturated rings. The molecule has 0 N–H and O–H groups in total. The maximum Gasteiger partial charge on any atom is 0.417 e. The van der Waals surface area contributed by atoms with Gasteiger partial charge in [0.2, 0.25) is 0 Å². The second kappa shape index (κ2) is 4.53. The minimum atomic E-state index is -4.36. The molecule has 2 rings (SSSR count). The van der Waals surface area contributed by atoms with Gasteiger partial charge in [-0.05, 0) is 29.3 Å². The minimum Gasteiger partial charge on any atom is -0.166 e. The molecule has 0 aliphatic heterocycles. The molecule has 0 unspecified atom stereocenters. The summed E-state index contributed by atoms with van der Waals surface area (Å²) in [6.45, 7) is 0. The van der Waals surface area contributed by atoms with Gasteiger partial charge in [0.05, 0.1) is 5.56 Å². The van der Waals surface area contributed by atoms with Crippen molar-refractivity contribution >= 4 is 15.9 Å². The summed E-state index contributed by atoms with van der Waals surface area (Å²) in [6.07, 6.45) is -4.36. The van der Waals surface area contributed by atoms with Crippen molar-refractivity contribution in [3.8, 4) is 11.1 Å². The Morgan fingerprint density at radius 2 is 1.76 bits per heavy atom. The van der Waals surface area contributed by atoms with E-state index in [1.54, 1.807) is 24.3 Å². The van der Waals surface area contributed by atoms with Gasteiger partial charge in [0.25, 0.3) is 0 Å². The van der Waals surface area contributed by atoms with E-state index in [1.807, 2.05) is 6.07 Å². The highest BCUT2D eigenvalue weighted by atomic mass is 79.9. The SMILES string of the molecule is FC(F)(F)c1[c]ccc(-c2ccccc2Br)c1. The Hall–Kier alpha value is -1.29. The summed E-state index contributed by atoms with van der Waals surface area (Å²) in [4.78, 5) is 0. The first-order chi connectivity index (χ1) is 7.98. The third-order valence-corrected chi connectivity index (χ3v) is 2.98. The molecule has 2 aromatic carbocycles. The predicted molar refractivity (Wildman–Crippen MR) is 63.4 cm³/mol. The highest BCUT2D eigenvalue weighted by molar-refractivity contribution is 9.10. The first kappa shape index (κ1) is 12.2. The predicted octanol–water partition coefficient (Wildman–Crippen LogP) is 4.94. The molecule has 4 heteroatoms. The molecule has 0 amide bonds. The van der Waals surface area contributed by atoms with Crippen LogP contribution in [0.25, 0.3) is 11.1 Å². The fourth-order valence-corrected chi connectivity index (χ4v) is 2.01. The van der Waals surface area contributed by atoms with Crippen LogP contribution in [-0.2, 0) is 6.18 Å². The quantitative estimate of drug-likeness (QED) is 0.700. The largest absolute Gasteiger partial charge is 0.417 e. The maximum absolute atomic E-state index is 12.5. The van der Waals surface area contributed by atoms with Gasteiger partial charge in [-0.3, -0.25) is 0 Å². The van der Waals surface area contributed by atoms with Crippen molar-refractivity contribution in [3.63, 3.8) is 0 Å². The number of hydrogen-bond acceptors (Lipinski definition) is 0. The van der Waals surface area contributed by atoms with Crippen molar-refractivity contribution in [2.45, 2.75) is 6.18 Å². The molecule has 87 valence electrons. The third-order valence-electron chi connectivity index (χ3n) is 2.29. The Balaban J connectivity index is 2.51. The zero-order valence-electron chi connectivity index (χ0n) is 8.55. The Kier molecular flexibility index (Phi) is 3.24. The lowest BCUT2D eigenvalue weighted by atomic mass is 10.0. The van der Waals surface area contributed by atoms with Gasteiger partial charge in [-0.25, -0.2) is 0 Å². The number of alkyl halides is 3. The molecule has 1 radical (unpaired) electrons. The summed E-state index contributed by atoms with van der Waals surface area (Å²) in [5.74, 6) is 0. The standard InChI is InChI=1S/C13H7BrF3/c14-12-7-2-1-6-11(12)9-4-3-5-10(8-9)13(15,16)17/h1-4,6-8H. The highest BCUT2D eigenvalue weighted by Crippen LogP contribution is 2.33. The lowest BCUT2D eigenvalue weighted by Gasteiger charge is -2.09. The van der Waals surface area contributed by atoms with E-state index in [-0.39, 0.29) is 0 Å². The minimum absolute atomic E-state index is 0.517. The second-order valence-electron chi connectivity index (χ2n) is 3.47. The molecule has 17 heavy (non-hydrogen) atoms. The van der Waals surface area contributed by atoms with Crippen LogP contribution in [0.1, 0.15) is 5.56 Å². The molecule has 0 bridgehead atoms. The van der Waals surface area contributed by atoms with E-state index < -0.39 is 11.7 Å². The average molecular weight is 300 g/mol. The van der Waals surface area contributed by atoms with E-state index in [0.717, 1.165) is 16.1 Å². The Labute approximate surface area is 105 Å². The molecule has 0 saturated carbocycles. The summed E-state index contributed by atoms with van der Waals surface area (Å²) in [5.41, 5.74) is 0.487. The van der Waals surface area contributed by atoms with Gasteiger partial charge >= 0.3 is 6.18 Å². The monoisotopic (exact) mass is 299 g/mol. The summed E-state index contributed by atoms with van der Waals surface area (Å²) < 4.78 is 38.4. The normalized spacial score (nSPS) is 11.5. The van der Waals surface area contributed by atoms with Gasteiger partial charge in [0, 0.05) is 4.47 Å². The Morgan fingerprint density at radius 1 is 1.06 bits per heavy atom. The summed E-state index contributed by atoms with van der Waals surface area (Å²) in [5, 5.41) is 0. The first-order valence-electron chi connectivity index (χ1n) is 4.82. The maximum atomic E-state index is 12.5. The number of hydrogen-bond donors (Lipinski definition) is 0. The molecule has 0 aromatic heterocycles. The Bertz CT molecular complexity index is 532. The highest BCUT2D eigenvalue weighted by Gasteiger charge is 2.30. The lowest BCUT2D eigenvalue weighted by molar-refractivity contribution is -0.137. The Morgan fingerprint density at radius 3 is 2.41 bits per heavy atom. The summed E-state index contributed by atoms with van der Waals surface area (Å²) >= 11 is 3.32. The van der Waals surface area contributed by atoms with E-state index in [2.05, 4.69) is 22.0 Å². The van der Waals surface area contributed by atoms with E-state index in [9.17, 15) is 13.2 Å². The fraction of sp³-hybridized carbons (Fsp3) is 0.0769. The lowest BCUT2D eigenvalue weighted by Crippen LogP contribution is -2.04. The average Bonchev–Trinajstić information content (AvgIpc) is 2.29. The van der Waals surface area contributed by atoms with Crippen molar-refractivity contribution in [2.24, 2.45) is 0 Å². The fourth-order valence-electron chi connectivity index (χ4n) is 1.49. The zero-order chi connectivity index (χ0) is 12.5. The second-order valence-corrected chi connectivity index (χ2v) is 4.32. The van der Waals surface area contributed by atoms with Crippen LogP contribution in [0.2, 0.25) is 0 Å². The topological polar surface area (TPSA) is 0 Å². The van der Waals surface area contributed by atoms with Crippen LogP contribution in [0.5, 0.6) is 0 Å². The molecular weight excluding hydrogens is 293 g/mol. The van der Waals surface area contributed by atoms with Crippen LogP contribution in [0.15, 0.2) is 46.9 Å². The van der Waals surface area contributed by atoms with Gasteiger partial charge in [-0.2, -0.15) is 13.2 Å². The third kappa shape index (κ3) is 2.69. The van der Waals surface area contributed by atoms with Gasteiger partial charge in [0.1, 0.15) is 0 Å². The van der Waals surface area contributed by atoms with E-state index in [4.69, 9.17) is 0 Å². The number of halogens is 4. The molecule has 0 nitrogen and oxygen atoms in total.